The number of nitrogens with zero attached hydrogens (tertiary/aromatic N) is 1. The van der Waals surface area contributed by atoms with Crippen LogP contribution in [0.3, 0.4) is 0 Å². The van der Waals surface area contributed by atoms with E-state index in [1.165, 1.54) is 18.9 Å². The summed E-state index contributed by atoms with van der Waals surface area (Å²) in [5.74, 6) is 0.292. The van der Waals surface area contributed by atoms with E-state index < -0.39 is 5.97 Å². The minimum atomic E-state index is -0.485. The van der Waals surface area contributed by atoms with Crippen LogP contribution in [0.15, 0.2) is 46.3 Å². The summed E-state index contributed by atoms with van der Waals surface area (Å²) in [4.78, 5) is 16.6. The van der Waals surface area contributed by atoms with Crippen LogP contribution in [-0.4, -0.2) is 25.2 Å². The summed E-state index contributed by atoms with van der Waals surface area (Å²) in [6.45, 7) is 0. The quantitative estimate of drug-likeness (QED) is 0.872. The highest BCUT2D eigenvalue weighted by Gasteiger charge is 2.11. The number of carbonyl (C=O) groups is 1. The Morgan fingerprint density at radius 1 is 1.15 bits per heavy atom. The molecule has 0 aliphatic heterocycles. The van der Waals surface area contributed by atoms with Crippen molar-refractivity contribution in [3.63, 3.8) is 0 Å². The molecule has 1 heterocycles. The smallest absolute Gasteiger partial charge is 0.356 e. The summed E-state index contributed by atoms with van der Waals surface area (Å²) in [6, 6.07) is 10.7. The molecule has 2 aromatic rings. The Morgan fingerprint density at radius 3 is 2.45 bits per heavy atom. The maximum absolute atomic E-state index is 11.5. The van der Waals surface area contributed by atoms with Crippen LogP contribution in [0, 0.1) is 0 Å². The van der Waals surface area contributed by atoms with Gasteiger partial charge in [-0.2, -0.15) is 0 Å². The van der Waals surface area contributed by atoms with Crippen LogP contribution in [0.25, 0.3) is 0 Å². The third-order valence-electron chi connectivity index (χ3n) is 2.56. The third kappa shape index (κ3) is 3.21. The second-order valence-corrected chi connectivity index (χ2v) is 4.92. The number of hydrogen-bond donors (Lipinski definition) is 1. The molecular formula is C14H14N2O3S. The van der Waals surface area contributed by atoms with Crippen LogP contribution < -0.4 is 10.5 Å². The highest BCUT2D eigenvalue weighted by Crippen LogP contribution is 2.31. The number of hydrogen-bond acceptors (Lipinski definition) is 6. The molecule has 5 nitrogen and oxygen atoms in total. The number of nitrogen functional groups attached to an aromatic ring is 1. The summed E-state index contributed by atoms with van der Waals surface area (Å²) < 4.78 is 9.74. The molecule has 0 fully saturated rings. The Hall–Kier alpha value is -2.21. The second kappa shape index (κ2) is 6.29. The number of pyridine rings is 1. The molecule has 0 aliphatic carbocycles. The van der Waals surface area contributed by atoms with Gasteiger partial charge in [-0.25, -0.2) is 9.78 Å². The Balaban J connectivity index is 2.25. The zero-order valence-corrected chi connectivity index (χ0v) is 11.9. The third-order valence-corrected chi connectivity index (χ3v) is 3.59. The number of rotatable bonds is 4. The van der Waals surface area contributed by atoms with Gasteiger partial charge in [0, 0.05) is 4.90 Å². The van der Waals surface area contributed by atoms with Crippen molar-refractivity contribution in [2.24, 2.45) is 0 Å². The average Bonchev–Trinajstić information content (AvgIpc) is 2.49. The van der Waals surface area contributed by atoms with Gasteiger partial charge in [-0.3, -0.25) is 0 Å². The van der Waals surface area contributed by atoms with E-state index in [1.54, 1.807) is 19.2 Å². The maximum atomic E-state index is 11.5. The van der Waals surface area contributed by atoms with Gasteiger partial charge in [0.1, 0.15) is 16.5 Å². The molecule has 20 heavy (non-hydrogen) atoms. The molecule has 2 N–H and O–H groups in total. The fraction of sp³-hybridized carbons (Fsp3) is 0.143. The molecule has 0 unspecified atom stereocenters. The Kier molecular flexibility index (Phi) is 4.47. The van der Waals surface area contributed by atoms with Crippen molar-refractivity contribution in [2.45, 2.75) is 9.92 Å². The summed E-state index contributed by atoms with van der Waals surface area (Å²) in [5, 5.41) is 0.568. The lowest BCUT2D eigenvalue weighted by atomic mass is 10.3. The lowest BCUT2D eigenvalue weighted by Crippen LogP contribution is -2.05. The Labute approximate surface area is 121 Å². The first-order valence-electron chi connectivity index (χ1n) is 5.81. The fourth-order valence-corrected chi connectivity index (χ4v) is 2.33. The fourth-order valence-electron chi connectivity index (χ4n) is 1.51. The molecule has 0 atom stereocenters. The molecule has 104 valence electrons. The number of ether oxygens (including phenoxy) is 2. The zero-order chi connectivity index (χ0) is 14.5. The number of methoxy groups -OCH3 is 2. The standard InChI is InChI=1S/C14H14N2O3S/c1-18-9-3-5-10(6-4-9)20-13-11(15)7-8-12(16-13)14(17)19-2/h3-8H,15H2,1-2H3. The molecule has 0 amide bonds. The molecule has 0 spiro atoms. The lowest BCUT2D eigenvalue weighted by Gasteiger charge is -2.07. The predicted molar refractivity (Wildman–Crippen MR) is 77.1 cm³/mol. The number of nitrogens with two attached hydrogens (primary N) is 1. The van der Waals surface area contributed by atoms with E-state index in [2.05, 4.69) is 9.72 Å². The summed E-state index contributed by atoms with van der Waals surface area (Å²) in [6.07, 6.45) is 0. The Morgan fingerprint density at radius 2 is 1.85 bits per heavy atom. The van der Waals surface area contributed by atoms with E-state index >= 15 is 0 Å². The number of aromatic nitrogens is 1. The molecule has 1 aromatic heterocycles. The van der Waals surface area contributed by atoms with Gasteiger partial charge >= 0.3 is 5.97 Å². The average molecular weight is 290 g/mol. The van der Waals surface area contributed by atoms with Gasteiger partial charge in [-0.1, -0.05) is 11.8 Å². The van der Waals surface area contributed by atoms with Crippen LogP contribution in [0.5, 0.6) is 5.75 Å². The van der Waals surface area contributed by atoms with Crippen LogP contribution in [0.2, 0.25) is 0 Å². The topological polar surface area (TPSA) is 74.4 Å². The first-order valence-corrected chi connectivity index (χ1v) is 6.62. The van der Waals surface area contributed by atoms with Gasteiger partial charge in [0.25, 0.3) is 0 Å². The first kappa shape index (κ1) is 14.2. The molecule has 0 bridgehead atoms. The van der Waals surface area contributed by atoms with Gasteiger partial charge in [-0.05, 0) is 36.4 Å². The minimum absolute atomic E-state index is 0.234. The molecule has 0 saturated heterocycles. The molecule has 6 heteroatoms. The molecule has 2 rings (SSSR count). The van der Waals surface area contributed by atoms with E-state index in [-0.39, 0.29) is 5.69 Å². The summed E-state index contributed by atoms with van der Waals surface area (Å²) in [7, 11) is 2.93. The molecular weight excluding hydrogens is 276 g/mol. The SMILES string of the molecule is COC(=O)c1ccc(N)c(Sc2ccc(OC)cc2)n1. The first-order chi connectivity index (χ1) is 9.63. The van der Waals surface area contributed by atoms with E-state index in [1.807, 2.05) is 24.3 Å². The normalized spacial score (nSPS) is 10.1. The van der Waals surface area contributed by atoms with Gasteiger partial charge in [0.15, 0.2) is 0 Å². The number of anilines is 1. The van der Waals surface area contributed by atoms with Crippen LogP contribution >= 0.6 is 11.8 Å². The zero-order valence-electron chi connectivity index (χ0n) is 11.1. The largest absolute Gasteiger partial charge is 0.497 e. The highest BCUT2D eigenvalue weighted by atomic mass is 32.2. The van der Waals surface area contributed by atoms with Crippen molar-refractivity contribution in [1.29, 1.82) is 0 Å². The van der Waals surface area contributed by atoms with Crippen molar-refractivity contribution in [1.82, 2.24) is 4.98 Å². The molecule has 0 aliphatic rings. The predicted octanol–water partition coefficient (Wildman–Crippen LogP) is 2.61. The summed E-state index contributed by atoms with van der Waals surface area (Å²) >= 11 is 1.38. The Bertz CT molecular complexity index is 614. The number of esters is 1. The number of carbonyl (C=O) groups excluding carboxylic acids is 1. The molecule has 0 saturated carbocycles. The van der Waals surface area contributed by atoms with E-state index in [0.29, 0.717) is 10.7 Å². The van der Waals surface area contributed by atoms with E-state index in [4.69, 9.17) is 10.5 Å². The van der Waals surface area contributed by atoms with Crippen molar-refractivity contribution in [3.8, 4) is 5.75 Å². The van der Waals surface area contributed by atoms with Gasteiger partial charge < -0.3 is 15.2 Å². The van der Waals surface area contributed by atoms with Gasteiger partial charge in [0.2, 0.25) is 0 Å². The maximum Gasteiger partial charge on any atom is 0.356 e. The molecule has 1 aromatic carbocycles. The van der Waals surface area contributed by atoms with Crippen LogP contribution in [-0.2, 0) is 4.74 Å². The lowest BCUT2D eigenvalue weighted by molar-refractivity contribution is 0.0593. The van der Waals surface area contributed by atoms with Crippen molar-refractivity contribution in [3.05, 3.63) is 42.1 Å². The van der Waals surface area contributed by atoms with E-state index in [9.17, 15) is 4.79 Å². The van der Waals surface area contributed by atoms with Crippen LogP contribution in [0.4, 0.5) is 5.69 Å². The second-order valence-electron chi connectivity index (χ2n) is 3.86. The monoisotopic (exact) mass is 290 g/mol. The van der Waals surface area contributed by atoms with Crippen molar-refractivity contribution >= 4 is 23.4 Å². The van der Waals surface area contributed by atoms with Crippen molar-refractivity contribution in [2.75, 3.05) is 20.0 Å². The summed E-state index contributed by atoms with van der Waals surface area (Å²) in [5.41, 5.74) is 6.62. The van der Waals surface area contributed by atoms with E-state index in [0.717, 1.165) is 10.6 Å². The highest BCUT2D eigenvalue weighted by molar-refractivity contribution is 7.99. The number of benzene rings is 1. The van der Waals surface area contributed by atoms with Gasteiger partial charge in [-0.15, -0.1) is 0 Å². The van der Waals surface area contributed by atoms with Gasteiger partial charge in [0.05, 0.1) is 19.9 Å². The van der Waals surface area contributed by atoms with Crippen LogP contribution in [0.1, 0.15) is 10.5 Å². The van der Waals surface area contributed by atoms with Crippen molar-refractivity contribution < 1.29 is 14.3 Å². The molecule has 0 radical (unpaired) electrons. The minimum Gasteiger partial charge on any atom is -0.497 e.